The van der Waals surface area contributed by atoms with Crippen LogP contribution < -0.4 is 5.32 Å². The van der Waals surface area contributed by atoms with E-state index in [4.69, 9.17) is 0 Å². The van der Waals surface area contributed by atoms with Crippen molar-refractivity contribution in [2.45, 2.75) is 6.54 Å². The van der Waals surface area contributed by atoms with E-state index in [-0.39, 0.29) is 34.7 Å². The van der Waals surface area contributed by atoms with E-state index in [0.29, 0.717) is 0 Å². The quantitative estimate of drug-likeness (QED) is 0.632. The van der Waals surface area contributed by atoms with Gasteiger partial charge in [0.2, 0.25) is 0 Å². The van der Waals surface area contributed by atoms with Crippen LogP contribution in [0.3, 0.4) is 0 Å². The second-order valence-corrected chi connectivity index (χ2v) is 5.55. The lowest BCUT2D eigenvalue weighted by Crippen LogP contribution is -2.25. The van der Waals surface area contributed by atoms with Crippen LogP contribution in [0.2, 0.25) is 0 Å². The maximum absolute atomic E-state index is 13.2. The Bertz CT molecular complexity index is 1110. The monoisotopic (exact) mass is 390 g/mol. The zero-order valence-corrected chi connectivity index (χ0v) is 14.3. The summed E-state index contributed by atoms with van der Waals surface area (Å²) in [5.41, 5.74) is -0.748. The third-order valence-corrected chi connectivity index (χ3v) is 3.77. The SMILES string of the molecule is COC(=O)c1cc(C(=O)NCc2ccc(F)c(F)c2)nc2c(C(=O)O)cnn12. The summed E-state index contributed by atoms with van der Waals surface area (Å²) in [6.07, 6.45) is 0.986. The number of carboxylic acids is 1. The van der Waals surface area contributed by atoms with Crippen LogP contribution in [0.1, 0.15) is 36.9 Å². The first kappa shape index (κ1) is 18.9. The molecule has 2 heterocycles. The molecule has 0 bridgehead atoms. The molecule has 0 unspecified atom stereocenters. The number of carbonyl (C=O) groups excluding carboxylic acids is 2. The molecule has 2 N–H and O–H groups in total. The van der Waals surface area contributed by atoms with Crippen molar-refractivity contribution in [3.63, 3.8) is 0 Å². The maximum Gasteiger partial charge on any atom is 0.356 e. The average Bonchev–Trinajstić information content (AvgIpc) is 3.11. The van der Waals surface area contributed by atoms with E-state index in [9.17, 15) is 28.3 Å². The highest BCUT2D eigenvalue weighted by Gasteiger charge is 2.22. The maximum atomic E-state index is 13.2. The van der Waals surface area contributed by atoms with Crippen molar-refractivity contribution < 1.29 is 33.0 Å². The van der Waals surface area contributed by atoms with Crippen LogP contribution in [-0.2, 0) is 11.3 Å². The number of aromatic carboxylic acids is 1. The number of esters is 1. The topological polar surface area (TPSA) is 123 Å². The zero-order valence-electron chi connectivity index (χ0n) is 14.3. The van der Waals surface area contributed by atoms with Gasteiger partial charge in [-0.15, -0.1) is 0 Å². The van der Waals surface area contributed by atoms with E-state index in [2.05, 4.69) is 20.1 Å². The Labute approximate surface area is 155 Å². The molecule has 3 aromatic rings. The minimum Gasteiger partial charge on any atom is -0.477 e. The first-order valence-corrected chi connectivity index (χ1v) is 7.74. The number of fused-ring (bicyclic) bond motifs is 1. The van der Waals surface area contributed by atoms with Gasteiger partial charge in [0.25, 0.3) is 5.91 Å². The Balaban J connectivity index is 1.95. The van der Waals surface area contributed by atoms with E-state index in [0.717, 1.165) is 36.0 Å². The first-order valence-electron chi connectivity index (χ1n) is 7.74. The predicted molar refractivity (Wildman–Crippen MR) is 88.8 cm³/mol. The van der Waals surface area contributed by atoms with Crippen molar-refractivity contribution >= 4 is 23.5 Å². The van der Waals surface area contributed by atoms with Gasteiger partial charge in [0.05, 0.1) is 13.3 Å². The average molecular weight is 390 g/mol. The number of hydrogen-bond donors (Lipinski definition) is 2. The largest absolute Gasteiger partial charge is 0.477 e. The molecule has 3 rings (SSSR count). The third kappa shape index (κ3) is 3.49. The Morgan fingerprint density at radius 2 is 1.96 bits per heavy atom. The van der Waals surface area contributed by atoms with Crippen molar-refractivity contribution in [3.8, 4) is 0 Å². The molecule has 0 aliphatic rings. The van der Waals surface area contributed by atoms with Crippen LogP contribution in [0, 0.1) is 11.6 Å². The standard InChI is InChI=1S/C17H12F2N4O5/c1-28-17(27)13-5-12(22-14-9(16(25)26)7-21-23(13)14)15(24)20-6-8-2-3-10(18)11(19)4-8/h2-5,7H,6H2,1H3,(H,20,24)(H,25,26). The fraction of sp³-hybridized carbons (Fsp3) is 0.118. The number of halogens is 2. The lowest BCUT2D eigenvalue weighted by atomic mass is 10.2. The summed E-state index contributed by atoms with van der Waals surface area (Å²) >= 11 is 0. The number of hydrogen-bond acceptors (Lipinski definition) is 6. The zero-order chi connectivity index (χ0) is 20.4. The van der Waals surface area contributed by atoms with Crippen LogP contribution in [0.15, 0.2) is 30.5 Å². The summed E-state index contributed by atoms with van der Waals surface area (Å²) < 4.78 is 31.8. The highest BCUT2D eigenvalue weighted by Crippen LogP contribution is 2.14. The Hall–Kier alpha value is -3.89. The lowest BCUT2D eigenvalue weighted by Gasteiger charge is -2.08. The fourth-order valence-electron chi connectivity index (χ4n) is 2.40. The van der Waals surface area contributed by atoms with Gasteiger partial charge in [0, 0.05) is 12.6 Å². The number of methoxy groups -OCH3 is 1. The highest BCUT2D eigenvalue weighted by molar-refractivity contribution is 5.99. The fourth-order valence-corrected chi connectivity index (χ4v) is 2.40. The van der Waals surface area contributed by atoms with Crippen molar-refractivity contribution in [1.29, 1.82) is 0 Å². The van der Waals surface area contributed by atoms with Crippen molar-refractivity contribution in [3.05, 3.63) is 64.6 Å². The molecule has 9 nitrogen and oxygen atoms in total. The number of carboxylic acid groups (broad SMARTS) is 1. The van der Waals surface area contributed by atoms with Gasteiger partial charge < -0.3 is 15.2 Å². The molecule has 28 heavy (non-hydrogen) atoms. The van der Waals surface area contributed by atoms with Gasteiger partial charge >= 0.3 is 11.9 Å². The molecule has 0 saturated carbocycles. The number of ether oxygens (including phenoxy) is 1. The van der Waals surface area contributed by atoms with Gasteiger partial charge in [-0.25, -0.2) is 27.9 Å². The molecule has 0 atom stereocenters. The van der Waals surface area contributed by atoms with Crippen LogP contribution in [0.4, 0.5) is 8.78 Å². The number of nitrogens with one attached hydrogen (secondary N) is 1. The molecule has 2 aromatic heterocycles. The van der Waals surface area contributed by atoms with Crippen LogP contribution in [-0.4, -0.2) is 44.7 Å². The molecule has 0 radical (unpaired) electrons. The summed E-state index contributed by atoms with van der Waals surface area (Å²) in [6.45, 7) is -0.151. The smallest absolute Gasteiger partial charge is 0.356 e. The number of rotatable bonds is 5. The Morgan fingerprint density at radius 3 is 2.61 bits per heavy atom. The number of aromatic nitrogens is 3. The summed E-state index contributed by atoms with van der Waals surface area (Å²) in [5.74, 6) is -5.06. The van der Waals surface area contributed by atoms with E-state index >= 15 is 0 Å². The molecule has 1 amide bonds. The molecule has 0 saturated heterocycles. The van der Waals surface area contributed by atoms with Crippen LogP contribution in [0.25, 0.3) is 5.65 Å². The van der Waals surface area contributed by atoms with E-state index in [1.165, 1.54) is 6.07 Å². The van der Waals surface area contributed by atoms with Gasteiger partial charge in [-0.2, -0.15) is 5.10 Å². The van der Waals surface area contributed by atoms with Crippen LogP contribution in [0.5, 0.6) is 0 Å². The van der Waals surface area contributed by atoms with Gasteiger partial charge in [-0.1, -0.05) is 6.07 Å². The second-order valence-electron chi connectivity index (χ2n) is 5.55. The van der Waals surface area contributed by atoms with Crippen molar-refractivity contribution in [1.82, 2.24) is 19.9 Å². The van der Waals surface area contributed by atoms with Gasteiger partial charge in [-0.3, -0.25) is 4.79 Å². The first-order chi connectivity index (χ1) is 13.3. The molecule has 0 aliphatic carbocycles. The number of nitrogens with zero attached hydrogens (tertiary/aromatic N) is 3. The van der Waals surface area contributed by atoms with Gasteiger partial charge in [-0.05, 0) is 17.7 Å². The molecule has 11 heteroatoms. The van der Waals surface area contributed by atoms with E-state index in [1.807, 2.05) is 0 Å². The molecular weight excluding hydrogens is 378 g/mol. The molecule has 0 fully saturated rings. The number of carbonyl (C=O) groups is 3. The van der Waals surface area contributed by atoms with E-state index in [1.54, 1.807) is 0 Å². The van der Waals surface area contributed by atoms with Crippen molar-refractivity contribution in [2.24, 2.45) is 0 Å². The summed E-state index contributed by atoms with van der Waals surface area (Å²) in [5, 5.41) is 15.4. The minimum absolute atomic E-state index is 0.151. The molecular formula is C17H12F2N4O5. The molecule has 0 spiro atoms. The summed E-state index contributed by atoms with van der Waals surface area (Å²) in [7, 11) is 1.11. The summed E-state index contributed by atoms with van der Waals surface area (Å²) in [4.78, 5) is 39.6. The third-order valence-electron chi connectivity index (χ3n) is 3.77. The molecule has 144 valence electrons. The summed E-state index contributed by atoms with van der Waals surface area (Å²) in [6, 6.07) is 4.21. The molecule has 1 aromatic carbocycles. The number of benzene rings is 1. The van der Waals surface area contributed by atoms with Crippen LogP contribution >= 0.6 is 0 Å². The van der Waals surface area contributed by atoms with Gasteiger partial charge in [0.15, 0.2) is 23.0 Å². The van der Waals surface area contributed by atoms with E-state index < -0.39 is 29.5 Å². The molecule has 0 aliphatic heterocycles. The van der Waals surface area contributed by atoms with Gasteiger partial charge in [0.1, 0.15) is 11.3 Å². The second kappa shape index (κ2) is 7.39. The Kier molecular flexibility index (Phi) is 4.98. The highest BCUT2D eigenvalue weighted by atomic mass is 19.2. The van der Waals surface area contributed by atoms with Crippen molar-refractivity contribution in [2.75, 3.05) is 7.11 Å². The normalized spacial score (nSPS) is 10.7. The number of amides is 1. The predicted octanol–water partition coefficient (Wildman–Crippen LogP) is 1.42. The lowest BCUT2D eigenvalue weighted by molar-refractivity contribution is 0.0589. The minimum atomic E-state index is -1.35. The Morgan fingerprint density at radius 1 is 1.21 bits per heavy atom.